The first-order valence-corrected chi connectivity index (χ1v) is 11.3. The molecule has 1 aromatic carbocycles. The van der Waals surface area contributed by atoms with E-state index in [0.29, 0.717) is 12.5 Å². The maximum atomic E-state index is 12.9. The van der Waals surface area contributed by atoms with E-state index >= 15 is 0 Å². The number of ether oxygens (including phenoxy) is 1. The van der Waals surface area contributed by atoms with Gasteiger partial charge >= 0.3 is 5.97 Å². The highest BCUT2D eigenvalue weighted by Gasteiger charge is 2.31. The van der Waals surface area contributed by atoms with Gasteiger partial charge in [-0.25, -0.2) is 13.2 Å². The summed E-state index contributed by atoms with van der Waals surface area (Å²) < 4.78 is 32.4. The van der Waals surface area contributed by atoms with Crippen molar-refractivity contribution in [1.82, 2.24) is 9.62 Å². The molecule has 1 saturated carbocycles. The van der Waals surface area contributed by atoms with Crippen molar-refractivity contribution in [1.29, 1.82) is 0 Å². The number of hydrogen-bond donors (Lipinski definition) is 1. The van der Waals surface area contributed by atoms with E-state index in [9.17, 15) is 18.0 Å². The molecule has 7 nitrogen and oxygen atoms in total. The third-order valence-corrected chi connectivity index (χ3v) is 7.48. The predicted molar refractivity (Wildman–Crippen MR) is 104 cm³/mol. The third kappa shape index (κ3) is 4.91. The topological polar surface area (TPSA) is 92.8 Å². The Balaban J connectivity index is 1.63. The number of sulfonamides is 1. The minimum absolute atomic E-state index is 0.0634. The number of carbonyl (C=O) groups is 2. The summed E-state index contributed by atoms with van der Waals surface area (Å²) in [5.41, 5.74) is 0.119. The van der Waals surface area contributed by atoms with Gasteiger partial charge < -0.3 is 10.1 Å². The number of nitrogens with one attached hydrogen (secondary N) is 1. The van der Waals surface area contributed by atoms with Crippen molar-refractivity contribution in [2.75, 3.05) is 13.2 Å². The Hall–Kier alpha value is -1.93. The fraction of sp³-hybridized carbons (Fsp3) is 0.600. The van der Waals surface area contributed by atoms with Crippen LogP contribution in [0.25, 0.3) is 0 Å². The summed E-state index contributed by atoms with van der Waals surface area (Å²) in [6, 6.07) is 5.83. The van der Waals surface area contributed by atoms with Gasteiger partial charge in [0.2, 0.25) is 10.0 Å². The van der Waals surface area contributed by atoms with Gasteiger partial charge in [0.1, 0.15) is 0 Å². The number of hydrogen-bond acceptors (Lipinski definition) is 5. The third-order valence-electron chi connectivity index (χ3n) is 5.47. The number of carbonyl (C=O) groups excluding carboxylic acids is 2. The molecule has 0 radical (unpaired) electrons. The molecule has 1 heterocycles. The first kappa shape index (κ1) is 20.8. The Labute approximate surface area is 166 Å². The number of rotatable bonds is 7. The molecule has 0 unspecified atom stereocenters. The molecule has 28 heavy (non-hydrogen) atoms. The second-order valence-electron chi connectivity index (χ2n) is 7.76. The summed E-state index contributed by atoms with van der Waals surface area (Å²) in [7, 11) is -3.67. The normalized spacial score (nSPS) is 21.7. The second-order valence-corrected chi connectivity index (χ2v) is 9.65. The summed E-state index contributed by atoms with van der Waals surface area (Å²) in [4.78, 5) is 24.3. The molecule has 1 aliphatic carbocycles. The zero-order valence-electron chi connectivity index (χ0n) is 16.4. The van der Waals surface area contributed by atoms with E-state index in [2.05, 4.69) is 5.32 Å². The van der Waals surface area contributed by atoms with E-state index in [1.807, 2.05) is 13.8 Å². The Morgan fingerprint density at radius 3 is 2.68 bits per heavy atom. The molecule has 0 bridgehead atoms. The van der Waals surface area contributed by atoms with Crippen LogP contribution in [0.4, 0.5) is 0 Å². The molecule has 0 spiro atoms. The highest BCUT2D eigenvalue weighted by atomic mass is 32.2. The number of piperidine rings is 1. The molecular formula is C20H28N2O5S. The van der Waals surface area contributed by atoms with Gasteiger partial charge in [-0.2, -0.15) is 4.31 Å². The molecule has 1 aromatic rings. The molecular weight excluding hydrogens is 380 g/mol. The zero-order valence-corrected chi connectivity index (χ0v) is 17.2. The average Bonchev–Trinajstić information content (AvgIpc) is 3.52. The van der Waals surface area contributed by atoms with E-state index in [4.69, 9.17) is 4.74 Å². The van der Waals surface area contributed by atoms with Gasteiger partial charge in [-0.15, -0.1) is 0 Å². The molecule has 2 fully saturated rings. The van der Waals surface area contributed by atoms with Crippen LogP contribution in [0.1, 0.15) is 56.3 Å². The molecule has 0 aromatic heterocycles. The molecule has 1 amide bonds. The van der Waals surface area contributed by atoms with Crippen LogP contribution < -0.4 is 5.32 Å². The number of amides is 1. The largest absolute Gasteiger partial charge is 0.452 e. The van der Waals surface area contributed by atoms with Crippen LogP contribution in [0.3, 0.4) is 0 Å². The number of nitrogens with zero attached hydrogens (tertiary/aromatic N) is 1. The maximum absolute atomic E-state index is 12.9. The quantitative estimate of drug-likeness (QED) is 0.699. The van der Waals surface area contributed by atoms with Crippen molar-refractivity contribution in [2.45, 2.75) is 62.9 Å². The van der Waals surface area contributed by atoms with E-state index < -0.39 is 16.0 Å². The summed E-state index contributed by atoms with van der Waals surface area (Å²) in [5, 5.41) is 2.81. The Kier molecular flexibility index (Phi) is 6.40. The van der Waals surface area contributed by atoms with Gasteiger partial charge in [-0.05, 0) is 63.6 Å². The van der Waals surface area contributed by atoms with Crippen LogP contribution in [0, 0.1) is 5.92 Å². The minimum Gasteiger partial charge on any atom is -0.452 e. The van der Waals surface area contributed by atoms with E-state index in [0.717, 1.165) is 32.1 Å². The summed E-state index contributed by atoms with van der Waals surface area (Å²) in [6.45, 7) is 3.94. The molecule has 8 heteroatoms. The average molecular weight is 409 g/mol. The maximum Gasteiger partial charge on any atom is 0.338 e. The molecule has 2 aliphatic rings. The lowest BCUT2D eigenvalue weighted by atomic mass is 10.1. The summed E-state index contributed by atoms with van der Waals surface area (Å²) >= 11 is 0. The van der Waals surface area contributed by atoms with Gasteiger partial charge in [0.05, 0.1) is 10.5 Å². The fourth-order valence-electron chi connectivity index (χ4n) is 3.57. The van der Waals surface area contributed by atoms with Crippen molar-refractivity contribution in [3.05, 3.63) is 29.8 Å². The van der Waals surface area contributed by atoms with Crippen molar-refractivity contribution >= 4 is 21.9 Å². The lowest BCUT2D eigenvalue weighted by Crippen LogP contribution is -2.41. The molecule has 154 valence electrons. The van der Waals surface area contributed by atoms with Gasteiger partial charge in [-0.1, -0.05) is 12.5 Å². The summed E-state index contributed by atoms with van der Waals surface area (Å²) in [6.07, 6.45) is 4.90. The first-order valence-electron chi connectivity index (χ1n) is 9.87. The predicted octanol–water partition coefficient (Wildman–Crippen LogP) is 2.32. The van der Waals surface area contributed by atoms with Crippen molar-refractivity contribution in [3.63, 3.8) is 0 Å². The molecule has 1 aliphatic heterocycles. The zero-order chi connectivity index (χ0) is 20.3. The van der Waals surface area contributed by atoms with Crippen LogP contribution >= 0.6 is 0 Å². The highest BCUT2D eigenvalue weighted by molar-refractivity contribution is 7.89. The Morgan fingerprint density at radius 2 is 2.00 bits per heavy atom. The van der Waals surface area contributed by atoms with Gasteiger partial charge in [-0.3, -0.25) is 4.79 Å². The minimum atomic E-state index is -3.67. The highest BCUT2D eigenvalue weighted by Crippen LogP contribution is 2.32. The van der Waals surface area contributed by atoms with Crippen LogP contribution in [0.15, 0.2) is 29.2 Å². The van der Waals surface area contributed by atoms with Crippen LogP contribution in [-0.4, -0.2) is 49.8 Å². The van der Waals surface area contributed by atoms with Crippen molar-refractivity contribution < 1.29 is 22.7 Å². The van der Waals surface area contributed by atoms with Gasteiger partial charge in [0, 0.05) is 18.6 Å². The Bertz CT molecular complexity index is 835. The standard InChI is InChI=1S/C20H28N2O5S/c1-14-6-3-4-11-22(14)28(25,26)18-8-5-7-17(12-18)20(24)27-13-19(23)21-15(2)16-9-10-16/h5,7-8,12,14-16H,3-4,6,9-11,13H2,1-2H3,(H,21,23)/t14-,15-/m0/s1. The molecule has 1 saturated heterocycles. The first-order chi connectivity index (χ1) is 13.3. The van der Waals surface area contributed by atoms with Crippen LogP contribution in [-0.2, 0) is 19.6 Å². The van der Waals surface area contributed by atoms with Crippen LogP contribution in [0.2, 0.25) is 0 Å². The van der Waals surface area contributed by atoms with Crippen molar-refractivity contribution in [3.8, 4) is 0 Å². The molecule has 3 rings (SSSR count). The van der Waals surface area contributed by atoms with Crippen LogP contribution in [0.5, 0.6) is 0 Å². The van der Waals surface area contributed by atoms with E-state index in [1.165, 1.54) is 28.6 Å². The molecule has 2 atom stereocenters. The van der Waals surface area contributed by atoms with E-state index in [1.54, 1.807) is 0 Å². The monoisotopic (exact) mass is 408 g/mol. The number of esters is 1. The van der Waals surface area contributed by atoms with E-state index in [-0.39, 0.29) is 35.1 Å². The van der Waals surface area contributed by atoms with Gasteiger partial charge in [0.25, 0.3) is 5.91 Å². The smallest absolute Gasteiger partial charge is 0.338 e. The molecule has 1 N–H and O–H groups in total. The summed E-state index contributed by atoms with van der Waals surface area (Å²) in [5.74, 6) is -0.546. The Morgan fingerprint density at radius 1 is 1.25 bits per heavy atom. The lowest BCUT2D eigenvalue weighted by Gasteiger charge is -2.32. The fourth-order valence-corrected chi connectivity index (χ4v) is 5.32. The lowest BCUT2D eigenvalue weighted by molar-refractivity contribution is -0.124. The SMILES string of the molecule is C[C@H](NC(=O)COC(=O)c1cccc(S(=O)(=O)N2CCCC[C@@H]2C)c1)C1CC1. The number of benzene rings is 1. The van der Waals surface area contributed by atoms with Crippen molar-refractivity contribution in [2.24, 2.45) is 5.92 Å². The van der Waals surface area contributed by atoms with Gasteiger partial charge in [0.15, 0.2) is 6.61 Å². The second kappa shape index (κ2) is 8.61.